The van der Waals surface area contributed by atoms with E-state index >= 15 is 0 Å². The van der Waals surface area contributed by atoms with Crippen molar-refractivity contribution in [3.63, 3.8) is 0 Å². The molecule has 1 aliphatic rings. The van der Waals surface area contributed by atoms with Crippen LogP contribution in [0.2, 0.25) is 5.02 Å². The first kappa shape index (κ1) is 25.0. The number of rotatable bonds is 5. The number of fused-ring (bicyclic) bond motifs is 1. The number of imidazole rings is 1. The van der Waals surface area contributed by atoms with Crippen molar-refractivity contribution in [1.29, 1.82) is 0 Å². The van der Waals surface area contributed by atoms with Crippen LogP contribution in [0.15, 0.2) is 42.6 Å². The van der Waals surface area contributed by atoms with Gasteiger partial charge in [0.1, 0.15) is 16.9 Å². The van der Waals surface area contributed by atoms with Gasteiger partial charge in [-0.2, -0.15) is 0 Å². The second kappa shape index (κ2) is 10.3. The largest absolute Gasteiger partial charge is 0.444 e. The van der Waals surface area contributed by atoms with Gasteiger partial charge in [-0.3, -0.25) is 9.20 Å². The number of likely N-dealkylation sites (tertiary alicyclic amines) is 1. The Hall–Kier alpha value is -3.06. The summed E-state index contributed by atoms with van der Waals surface area (Å²) in [5.74, 6) is 0.238. The van der Waals surface area contributed by atoms with E-state index in [9.17, 15) is 9.59 Å². The van der Waals surface area contributed by atoms with Crippen LogP contribution in [0, 0.1) is 0 Å². The summed E-state index contributed by atoms with van der Waals surface area (Å²) < 4.78 is 7.24. The van der Waals surface area contributed by atoms with E-state index in [4.69, 9.17) is 16.3 Å². The number of carbonyl (C=O) groups excluding carboxylic acids is 2. The van der Waals surface area contributed by atoms with Crippen LogP contribution < -0.4 is 5.32 Å². The highest BCUT2D eigenvalue weighted by Gasteiger charge is 2.27. The molecule has 0 saturated carbocycles. The molecule has 186 valence electrons. The fourth-order valence-corrected chi connectivity index (χ4v) is 4.61. The predicted molar refractivity (Wildman–Crippen MR) is 137 cm³/mol. The number of hydrogen-bond donors (Lipinski definition) is 1. The van der Waals surface area contributed by atoms with Crippen molar-refractivity contribution in [2.45, 2.75) is 65.0 Å². The Kier molecular flexibility index (Phi) is 7.36. The van der Waals surface area contributed by atoms with Gasteiger partial charge in [-0.15, -0.1) is 0 Å². The summed E-state index contributed by atoms with van der Waals surface area (Å²) in [6.45, 7) is 9.46. The minimum Gasteiger partial charge on any atom is -0.444 e. The van der Waals surface area contributed by atoms with E-state index in [0.29, 0.717) is 48.3 Å². The number of hydrogen-bond acceptors (Lipinski definition) is 4. The zero-order valence-corrected chi connectivity index (χ0v) is 21.6. The van der Waals surface area contributed by atoms with Gasteiger partial charge < -0.3 is 15.0 Å². The molecule has 0 bridgehead atoms. The van der Waals surface area contributed by atoms with Crippen molar-refractivity contribution in [2.24, 2.45) is 0 Å². The fraction of sp³-hybridized carbons (Fsp3) is 0.444. The van der Waals surface area contributed by atoms with E-state index < -0.39 is 5.60 Å². The van der Waals surface area contributed by atoms with Crippen LogP contribution in [-0.4, -0.2) is 45.0 Å². The number of carbonyl (C=O) groups is 2. The number of aromatic nitrogens is 2. The first-order valence-corrected chi connectivity index (χ1v) is 12.5. The average molecular weight is 497 g/mol. The lowest BCUT2D eigenvalue weighted by molar-refractivity contribution is 0.0204. The molecule has 35 heavy (non-hydrogen) atoms. The van der Waals surface area contributed by atoms with Crippen LogP contribution in [0.4, 0.5) is 4.79 Å². The van der Waals surface area contributed by atoms with E-state index in [1.807, 2.05) is 33.8 Å². The average Bonchev–Trinajstić information content (AvgIpc) is 3.19. The molecule has 1 aliphatic heterocycles. The predicted octanol–water partition coefficient (Wildman–Crippen LogP) is 5.59. The summed E-state index contributed by atoms with van der Waals surface area (Å²) in [5, 5.41) is 3.58. The fourth-order valence-electron chi connectivity index (χ4n) is 4.45. The van der Waals surface area contributed by atoms with Gasteiger partial charge in [0.05, 0.1) is 10.7 Å². The lowest BCUT2D eigenvalue weighted by Gasteiger charge is -2.33. The Bertz CT molecular complexity index is 1210. The van der Waals surface area contributed by atoms with E-state index in [-0.39, 0.29) is 12.0 Å². The summed E-state index contributed by atoms with van der Waals surface area (Å²) in [6.07, 6.45) is 3.96. The van der Waals surface area contributed by atoms with Crippen LogP contribution >= 0.6 is 11.6 Å². The topological polar surface area (TPSA) is 75.9 Å². The zero-order chi connectivity index (χ0) is 25.2. The maximum Gasteiger partial charge on any atom is 0.410 e. The quantitative estimate of drug-likeness (QED) is 0.499. The highest BCUT2D eigenvalue weighted by Crippen LogP contribution is 2.29. The Balaban J connectivity index is 1.34. The number of pyridine rings is 1. The lowest BCUT2D eigenvalue weighted by Crippen LogP contribution is -2.41. The second-order valence-corrected chi connectivity index (χ2v) is 10.4. The second-order valence-electron chi connectivity index (χ2n) is 10.0. The molecule has 3 aromatic rings. The van der Waals surface area contributed by atoms with Crippen molar-refractivity contribution in [1.82, 2.24) is 19.6 Å². The van der Waals surface area contributed by atoms with Crippen LogP contribution in [0.3, 0.4) is 0 Å². The molecular weight excluding hydrogens is 464 g/mol. The zero-order valence-electron chi connectivity index (χ0n) is 20.8. The normalized spacial score (nSPS) is 14.8. The van der Waals surface area contributed by atoms with E-state index in [1.165, 1.54) is 5.56 Å². The summed E-state index contributed by atoms with van der Waals surface area (Å²) in [6, 6.07) is 12.0. The maximum atomic E-state index is 13.0. The Morgan fingerprint density at radius 2 is 1.80 bits per heavy atom. The third-order valence-corrected chi connectivity index (χ3v) is 6.48. The van der Waals surface area contributed by atoms with Gasteiger partial charge in [0, 0.05) is 25.8 Å². The molecule has 0 atom stereocenters. The highest BCUT2D eigenvalue weighted by atomic mass is 35.5. The van der Waals surface area contributed by atoms with E-state index in [0.717, 1.165) is 24.1 Å². The Labute approximate surface area is 211 Å². The van der Waals surface area contributed by atoms with Gasteiger partial charge in [0.25, 0.3) is 5.91 Å². The summed E-state index contributed by atoms with van der Waals surface area (Å²) in [5.41, 5.74) is 3.79. The minimum absolute atomic E-state index is 0.171. The molecule has 1 saturated heterocycles. The molecule has 8 heteroatoms. The van der Waals surface area contributed by atoms with Crippen LogP contribution in [0.5, 0.6) is 0 Å². The number of nitrogens with zero attached hydrogens (tertiary/aromatic N) is 3. The smallest absolute Gasteiger partial charge is 0.410 e. The lowest BCUT2D eigenvalue weighted by atomic mass is 9.89. The van der Waals surface area contributed by atoms with Gasteiger partial charge in [0.2, 0.25) is 0 Å². The molecule has 1 fully saturated rings. The van der Waals surface area contributed by atoms with Crippen LogP contribution in [0.25, 0.3) is 5.65 Å². The van der Waals surface area contributed by atoms with Gasteiger partial charge >= 0.3 is 6.09 Å². The van der Waals surface area contributed by atoms with Gasteiger partial charge in [-0.05, 0) is 69.2 Å². The SMILES string of the molecule is CCc1nc2ccc(Cl)cn2c1C(=O)NCc1ccc(C2CCN(C(=O)OC(C)(C)C)CC2)cc1. The molecule has 2 amide bonds. The number of halogens is 1. The molecule has 0 radical (unpaired) electrons. The first-order chi connectivity index (χ1) is 16.6. The third-order valence-electron chi connectivity index (χ3n) is 6.26. The van der Waals surface area contributed by atoms with E-state index in [2.05, 4.69) is 34.6 Å². The molecule has 3 heterocycles. The number of amides is 2. The summed E-state index contributed by atoms with van der Waals surface area (Å²) >= 11 is 6.14. The Morgan fingerprint density at radius 1 is 1.11 bits per heavy atom. The number of aryl methyl sites for hydroxylation is 1. The van der Waals surface area contributed by atoms with Crippen molar-refractivity contribution < 1.29 is 14.3 Å². The maximum absolute atomic E-state index is 13.0. The summed E-state index contributed by atoms with van der Waals surface area (Å²) in [7, 11) is 0. The molecule has 0 spiro atoms. The third kappa shape index (κ3) is 5.96. The minimum atomic E-state index is -0.477. The van der Waals surface area contributed by atoms with Crippen molar-refractivity contribution in [3.05, 3.63) is 70.1 Å². The molecule has 7 nitrogen and oxygen atoms in total. The molecule has 1 aromatic carbocycles. The monoisotopic (exact) mass is 496 g/mol. The van der Waals surface area contributed by atoms with Gasteiger partial charge in [-0.25, -0.2) is 9.78 Å². The van der Waals surface area contributed by atoms with Gasteiger partial charge in [0.15, 0.2) is 0 Å². The molecule has 4 rings (SSSR count). The van der Waals surface area contributed by atoms with E-state index in [1.54, 1.807) is 21.6 Å². The number of benzene rings is 1. The molecule has 2 aromatic heterocycles. The van der Waals surface area contributed by atoms with Crippen molar-refractivity contribution >= 4 is 29.2 Å². The highest BCUT2D eigenvalue weighted by molar-refractivity contribution is 6.30. The van der Waals surface area contributed by atoms with Crippen LogP contribution in [-0.2, 0) is 17.7 Å². The van der Waals surface area contributed by atoms with Crippen molar-refractivity contribution in [2.75, 3.05) is 13.1 Å². The first-order valence-electron chi connectivity index (χ1n) is 12.2. The summed E-state index contributed by atoms with van der Waals surface area (Å²) in [4.78, 5) is 31.7. The van der Waals surface area contributed by atoms with Gasteiger partial charge in [-0.1, -0.05) is 42.8 Å². The Morgan fingerprint density at radius 3 is 2.43 bits per heavy atom. The number of piperidine rings is 1. The number of ether oxygens (including phenoxy) is 1. The molecule has 1 N–H and O–H groups in total. The van der Waals surface area contributed by atoms with Crippen molar-refractivity contribution in [3.8, 4) is 0 Å². The molecule has 0 aliphatic carbocycles. The number of nitrogens with one attached hydrogen (secondary N) is 1. The van der Waals surface area contributed by atoms with Crippen LogP contribution in [0.1, 0.15) is 73.8 Å². The molecule has 0 unspecified atom stereocenters. The molecular formula is C27H33ClN4O3. The standard InChI is InChI=1S/C27H33ClN4O3/c1-5-22-24(32-17-21(28)10-11-23(32)30-22)25(33)29-16-18-6-8-19(9-7-18)20-12-14-31(15-13-20)26(34)35-27(2,3)4/h6-11,17,20H,5,12-16H2,1-4H3,(H,29,33).